The predicted molar refractivity (Wildman–Crippen MR) is 93.3 cm³/mol. The minimum Gasteiger partial charge on any atom is -0.450 e. The molecule has 1 heterocycles. The van der Waals surface area contributed by atoms with Crippen molar-refractivity contribution < 1.29 is 9.53 Å². The van der Waals surface area contributed by atoms with E-state index < -0.39 is 0 Å². The lowest BCUT2D eigenvalue weighted by atomic mass is 9.93. The molecule has 1 aromatic carbocycles. The van der Waals surface area contributed by atoms with Gasteiger partial charge in [-0.15, -0.1) is 0 Å². The molecule has 0 aliphatic carbocycles. The maximum Gasteiger partial charge on any atom is 0.407 e. The summed E-state index contributed by atoms with van der Waals surface area (Å²) < 4.78 is 4.87. The van der Waals surface area contributed by atoms with E-state index in [1.54, 1.807) is 0 Å². The Kier molecular flexibility index (Phi) is 7.95. The second kappa shape index (κ2) is 10.3. The number of amides is 1. The van der Waals surface area contributed by atoms with Crippen molar-refractivity contribution in [1.82, 2.24) is 10.2 Å². The molecule has 1 amide bonds. The van der Waals surface area contributed by atoms with Crippen molar-refractivity contribution >= 4 is 6.09 Å². The van der Waals surface area contributed by atoms with Crippen molar-refractivity contribution in [3.8, 4) is 0 Å². The quantitative estimate of drug-likeness (QED) is 0.800. The fraction of sp³-hybridized carbons (Fsp3) is 0.579. The van der Waals surface area contributed by atoms with Crippen LogP contribution in [-0.2, 0) is 11.2 Å². The highest BCUT2D eigenvalue weighted by Crippen LogP contribution is 2.20. The fourth-order valence-corrected chi connectivity index (χ4v) is 3.05. The molecule has 0 saturated carbocycles. The molecule has 2 rings (SSSR count). The molecule has 4 heteroatoms. The van der Waals surface area contributed by atoms with Gasteiger partial charge in [0, 0.05) is 13.1 Å². The molecule has 0 spiro atoms. The zero-order chi connectivity index (χ0) is 16.3. The van der Waals surface area contributed by atoms with Crippen LogP contribution in [0.3, 0.4) is 0 Å². The van der Waals surface area contributed by atoms with Crippen LogP contribution in [-0.4, -0.2) is 43.8 Å². The zero-order valence-corrected chi connectivity index (χ0v) is 14.2. The van der Waals surface area contributed by atoms with Crippen LogP contribution in [0.4, 0.5) is 4.79 Å². The van der Waals surface area contributed by atoms with Gasteiger partial charge in [-0.3, -0.25) is 0 Å². The number of rotatable bonds is 8. The number of nitrogens with one attached hydrogen (secondary N) is 1. The lowest BCUT2D eigenvalue weighted by molar-refractivity contribution is 0.149. The molecule has 1 aliphatic rings. The summed E-state index contributed by atoms with van der Waals surface area (Å²) in [5, 5.41) is 2.81. The lowest BCUT2D eigenvalue weighted by Gasteiger charge is -2.31. The van der Waals surface area contributed by atoms with Crippen molar-refractivity contribution in [2.45, 2.75) is 32.6 Å². The minimum absolute atomic E-state index is 0.291. The fourth-order valence-electron chi connectivity index (χ4n) is 3.05. The van der Waals surface area contributed by atoms with Crippen molar-refractivity contribution in [2.75, 3.05) is 32.8 Å². The largest absolute Gasteiger partial charge is 0.450 e. The Bertz CT molecular complexity index is 442. The molecular weight excluding hydrogens is 288 g/mol. The van der Waals surface area contributed by atoms with Crippen molar-refractivity contribution in [3.05, 3.63) is 42.3 Å². The molecule has 1 radical (unpaired) electrons. The van der Waals surface area contributed by atoms with E-state index >= 15 is 0 Å². The van der Waals surface area contributed by atoms with Gasteiger partial charge < -0.3 is 15.0 Å². The number of likely N-dealkylation sites (tertiary alicyclic amines) is 1. The van der Waals surface area contributed by atoms with E-state index in [0.717, 1.165) is 44.9 Å². The molecule has 0 atom stereocenters. The third-order valence-electron chi connectivity index (χ3n) is 4.41. The summed E-state index contributed by atoms with van der Waals surface area (Å²) in [6, 6.07) is 10.6. The maximum absolute atomic E-state index is 11.2. The Labute approximate surface area is 140 Å². The number of hydrogen-bond donors (Lipinski definition) is 1. The average Bonchev–Trinajstić information content (AvgIpc) is 2.57. The minimum atomic E-state index is -0.291. The van der Waals surface area contributed by atoms with E-state index in [1.807, 2.05) is 6.92 Å². The summed E-state index contributed by atoms with van der Waals surface area (Å²) in [6.07, 6.45) is 6.64. The second-order valence-corrected chi connectivity index (χ2v) is 6.16. The number of piperidine rings is 1. The van der Waals surface area contributed by atoms with E-state index in [4.69, 9.17) is 4.74 Å². The number of ether oxygens (including phenoxy) is 1. The molecule has 0 bridgehead atoms. The number of benzene rings is 1. The first kappa shape index (κ1) is 17.8. The summed E-state index contributed by atoms with van der Waals surface area (Å²) in [5.41, 5.74) is 1.38. The van der Waals surface area contributed by atoms with Gasteiger partial charge in [-0.1, -0.05) is 30.3 Å². The molecule has 1 aromatic rings. The van der Waals surface area contributed by atoms with E-state index in [1.165, 1.54) is 18.4 Å². The van der Waals surface area contributed by atoms with Gasteiger partial charge in [0.15, 0.2) is 0 Å². The Morgan fingerprint density at radius 3 is 2.74 bits per heavy atom. The molecule has 4 nitrogen and oxygen atoms in total. The standard InChI is InChI=1S/C19H29N2O2/c1-2-23-19(22)20-13-10-18-11-15-21(16-12-18)14-6-9-17-7-4-3-5-8-17/h3-8,18H,2,9-16H2,1H3,(H,20,22). The van der Waals surface area contributed by atoms with Gasteiger partial charge in [0.2, 0.25) is 0 Å². The number of carbonyl (C=O) groups is 1. The first-order valence-corrected chi connectivity index (χ1v) is 8.76. The third kappa shape index (κ3) is 7.04. The zero-order valence-electron chi connectivity index (χ0n) is 14.2. The lowest BCUT2D eigenvalue weighted by Crippen LogP contribution is -2.36. The molecule has 0 aromatic heterocycles. The summed E-state index contributed by atoms with van der Waals surface area (Å²) in [6.45, 7) is 6.38. The number of hydrogen-bond acceptors (Lipinski definition) is 3. The maximum atomic E-state index is 11.2. The van der Waals surface area contributed by atoms with Crippen LogP contribution >= 0.6 is 0 Å². The molecule has 1 saturated heterocycles. The summed E-state index contributed by atoms with van der Waals surface area (Å²) >= 11 is 0. The molecule has 23 heavy (non-hydrogen) atoms. The number of alkyl carbamates (subject to hydrolysis) is 1. The van der Waals surface area contributed by atoms with Gasteiger partial charge in [-0.05, 0) is 63.6 Å². The van der Waals surface area contributed by atoms with Gasteiger partial charge in [0.05, 0.1) is 6.61 Å². The average molecular weight is 317 g/mol. The smallest absolute Gasteiger partial charge is 0.407 e. The van der Waals surface area contributed by atoms with Crippen LogP contribution in [0.25, 0.3) is 0 Å². The first-order valence-electron chi connectivity index (χ1n) is 8.76. The predicted octanol–water partition coefficient (Wildman–Crippen LogP) is 3.28. The van der Waals surface area contributed by atoms with Crippen LogP contribution in [0.2, 0.25) is 0 Å². The molecule has 1 fully saturated rings. The molecule has 1 aliphatic heterocycles. The summed E-state index contributed by atoms with van der Waals surface area (Å²) in [7, 11) is 0. The van der Waals surface area contributed by atoms with E-state index in [-0.39, 0.29) is 6.09 Å². The van der Waals surface area contributed by atoms with Crippen LogP contribution in [0.5, 0.6) is 0 Å². The van der Waals surface area contributed by atoms with Crippen LogP contribution in [0, 0.1) is 12.3 Å². The number of nitrogens with zero attached hydrogens (tertiary/aromatic N) is 1. The van der Waals surface area contributed by atoms with Crippen molar-refractivity contribution in [1.29, 1.82) is 0 Å². The summed E-state index contributed by atoms with van der Waals surface area (Å²) in [5.74, 6) is 0.724. The highest BCUT2D eigenvalue weighted by atomic mass is 16.5. The molecular formula is C19H29N2O2. The molecule has 127 valence electrons. The third-order valence-corrected chi connectivity index (χ3v) is 4.41. The Hall–Kier alpha value is -1.55. The van der Waals surface area contributed by atoms with Gasteiger partial charge >= 0.3 is 6.09 Å². The van der Waals surface area contributed by atoms with Gasteiger partial charge in [0.25, 0.3) is 0 Å². The van der Waals surface area contributed by atoms with Crippen LogP contribution < -0.4 is 5.32 Å². The highest BCUT2D eigenvalue weighted by molar-refractivity contribution is 5.66. The van der Waals surface area contributed by atoms with E-state index in [2.05, 4.69) is 47.0 Å². The van der Waals surface area contributed by atoms with E-state index in [0.29, 0.717) is 6.61 Å². The monoisotopic (exact) mass is 317 g/mol. The van der Waals surface area contributed by atoms with E-state index in [9.17, 15) is 4.79 Å². The number of carbonyl (C=O) groups excluding carboxylic acids is 1. The first-order chi connectivity index (χ1) is 11.3. The van der Waals surface area contributed by atoms with Crippen LogP contribution in [0.15, 0.2) is 30.3 Å². The Balaban J connectivity index is 1.53. The topological polar surface area (TPSA) is 41.6 Å². The van der Waals surface area contributed by atoms with Gasteiger partial charge in [-0.2, -0.15) is 0 Å². The SMILES string of the molecule is CCOC(=O)NCCC1CCN(C[CH]Cc2ccccc2)CC1. The van der Waals surface area contributed by atoms with Crippen molar-refractivity contribution in [2.24, 2.45) is 5.92 Å². The van der Waals surface area contributed by atoms with Crippen molar-refractivity contribution in [3.63, 3.8) is 0 Å². The van der Waals surface area contributed by atoms with Gasteiger partial charge in [-0.25, -0.2) is 4.79 Å². The second-order valence-electron chi connectivity index (χ2n) is 6.16. The van der Waals surface area contributed by atoms with Gasteiger partial charge in [0.1, 0.15) is 0 Å². The highest BCUT2D eigenvalue weighted by Gasteiger charge is 2.18. The Morgan fingerprint density at radius 2 is 2.04 bits per heavy atom. The molecule has 0 unspecified atom stereocenters. The molecule has 1 N–H and O–H groups in total. The van der Waals surface area contributed by atoms with Crippen LogP contribution in [0.1, 0.15) is 31.7 Å². The summed E-state index contributed by atoms with van der Waals surface area (Å²) in [4.78, 5) is 13.8. The normalized spacial score (nSPS) is 16.2. The Morgan fingerprint density at radius 1 is 1.30 bits per heavy atom.